The first-order valence-electron chi connectivity index (χ1n) is 11.7. The number of carbonyl (C=O) groups is 2. The van der Waals surface area contributed by atoms with Gasteiger partial charge in [-0.05, 0) is 41.5 Å². The number of hydrogen-bond acceptors (Lipinski definition) is 4. The van der Waals surface area contributed by atoms with Crippen LogP contribution < -0.4 is 5.56 Å². The number of rotatable bonds is 6. The highest BCUT2D eigenvalue weighted by Gasteiger charge is 2.35. The van der Waals surface area contributed by atoms with Gasteiger partial charge in [0.05, 0.1) is 33.8 Å². The van der Waals surface area contributed by atoms with Gasteiger partial charge in [-0.25, -0.2) is 5.01 Å². The number of aromatic amines is 1. The number of pyridine rings is 1. The zero-order valence-corrected chi connectivity index (χ0v) is 22.0. The van der Waals surface area contributed by atoms with E-state index in [0.29, 0.717) is 43.0 Å². The van der Waals surface area contributed by atoms with Crippen LogP contribution >= 0.6 is 34.8 Å². The van der Waals surface area contributed by atoms with Gasteiger partial charge in [-0.2, -0.15) is 5.10 Å². The van der Waals surface area contributed by atoms with Crippen molar-refractivity contribution in [3.8, 4) is 11.1 Å². The number of carboxylic acids is 1. The van der Waals surface area contributed by atoms with Gasteiger partial charge in [0.2, 0.25) is 5.91 Å². The summed E-state index contributed by atoms with van der Waals surface area (Å²) in [6, 6.07) is 19.0. The molecule has 1 aliphatic rings. The van der Waals surface area contributed by atoms with Crippen LogP contribution in [-0.4, -0.2) is 32.7 Å². The van der Waals surface area contributed by atoms with Gasteiger partial charge >= 0.3 is 5.97 Å². The Morgan fingerprint density at radius 1 is 0.947 bits per heavy atom. The summed E-state index contributed by atoms with van der Waals surface area (Å²) in [5.74, 6) is -1.58. The van der Waals surface area contributed by atoms with Gasteiger partial charge in [-0.1, -0.05) is 71.2 Å². The summed E-state index contributed by atoms with van der Waals surface area (Å²) in [6.45, 7) is 0. The molecule has 0 bridgehead atoms. The Morgan fingerprint density at radius 2 is 1.71 bits per heavy atom. The highest BCUT2D eigenvalue weighted by Crippen LogP contribution is 2.39. The molecule has 1 unspecified atom stereocenters. The molecule has 0 spiro atoms. The largest absolute Gasteiger partial charge is 0.481 e. The average molecular weight is 569 g/mol. The van der Waals surface area contributed by atoms with Crippen LogP contribution in [0.25, 0.3) is 22.0 Å². The molecular weight excluding hydrogens is 549 g/mol. The van der Waals surface area contributed by atoms with Crippen LogP contribution in [0, 0.1) is 0 Å². The van der Waals surface area contributed by atoms with E-state index in [2.05, 4.69) is 10.1 Å². The summed E-state index contributed by atoms with van der Waals surface area (Å²) >= 11 is 18.7. The van der Waals surface area contributed by atoms with Crippen LogP contribution in [0.5, 0.6) is 0 Å². The van der Waals surface area contributed by atoms with Gasteiger partial charge in [0.15, 0.2) is 0 Å². The molecule has 38 heavy (non-hydrogen) atoms. The molecule has 0 saturated carbocycles. The van der Waals surface area contributed by atoms with Crippen molar-refractivity contribution in [2.24, 2.45) is 5.10 Å². The fourth-order valence-corrected chi connectivity index (χ4v) is 5.12. The van der Waals surface area contributed by atoms with E-state index in [4.69, 9.17) is 39.9 Å². The van der Waals surface area contributed by atoms with Crippen LogP contribution in [0.15, 0.2) is 76.6 Å². The average Bonchev–Trinajstić information content (AvgIpc) is 3.34. The number of amides is 1. The number of hydrazone groups is 1. The second-order valence-corrected chi connectivity index (χ2v) is 10.1. The first-order valence-corrected chi connectivity index (χ1v) is 12.8. The van der Waals surface area contributed by atoms with Crippen molar-refractivity contribution in [2.45, 2.75) is 25.3 Å². The fraction of sp³-hybridized carbons (Fsp3) is 0.143. The Kier molecular flexibility index (Phi) is 7.25. The minimum Gasteiger partial charge on any atom is -0.481 e. The number of nitrogens with zero attached hydrogens (tertiary/aromatic N) is 2. The van der Waals surface area contributed by atoms with Gasteiger partial charge in [0, 0.05) is 34.3 Å². The van der Waals surface area contributed by atoms with E-state index < -0.39 is 17.9 Å². The predicted octanol–water partition coefficient (Wildman–Crippen LogP) is 6.70. The third-order valence-corrected chi connectivity index (χ3v) is 7.35. The van der Waals surface area contributed by atoms with Crippen LogP contribution in [0.4, 0.5) is 0 Å². The topological polar surface area (TPSA) is 103 Å². The first-order chi connectivity index (χ1) is 18.2. The first kappa shape index (κ1) is 26.0. The maximum Gasteiger partial charge on any atom is 0.303 e. The molecule has 1 aliphatic heterocycles. The zero-order chi connectivity index (χ0) is 27.0. The number of aliphatic carboxylic acids is 1. The smallest absolute Gasteiger partial charge is 0.303 e. The summed E-state index contributed by atoms with van der Waals surface area (Å²) in [4.78, 5) is 40.8. The molecule has 5 rings (SSSR count). The van der Waals surface area contributed by atoms with Gasteiger partial charge in [-0.15, -0.1) is 0 Å². The summed E-state index contributed by atoms with van der Waals surface area (Å²) in [5, 5.41) is 16.8. The van der Waals surface area contributed by atoms with Crippen molar-refractivity contribution in [2.75, 3.05) is 0 Å². The van der Waals surface area contributed by atoms with E-state index in [1.807, 2.05) is 30.3 Å². The Hall–Kier alpha value is -3.65. The minimum absolute atomic E-state index is 0.200. The molecule has 2 N–H and O–H groups in total. The van der Waals surface area contributed by atoms with Crippen molar-refractivity contribution in [1.82, 2.24) is 9.99 Å². The number of hydrogen-bond donors (Lipinski definition) is 2. The number of carbonyl (C=O) groups excluding carboxylic acids is 1. The lowest BCUT2D eigenvalue weighted by Gasteiger charge is -2.22. The van der Waals surface area contributed by atoms with Crippen molar-refractivity contribution in [1.29, 1.82) is 0 Å². The molecule has 1 aromatic heterocycles. The SMILES string of the molecule is O=C(O)CCC(=O)N1N=C(c2c(-c3ccccc3)c3cc(Cl)ccc3[nH]c2=O)CC1c1ccc(Cl)c(Cl)c1. The number of halogens is 3. The number of carboxylic acid groups (broad SMARTS) is 1. The third-order valence-electron chi connectivity index (χ3n) is 6.37. The molecule has 192 valence electrons. The van der Waals surface area contributed by atoms with Crippen molar-refractivity contribution >= 4 is 63.3 Å². The molecule has 0 radical (unpaired) electrons. The molecule has 1 atom stereocenters. The van der Waals surface area contributed by atoms with E-state index >= 15 is 0 Å². The predicted molar refractivity (Wildman–Crippen MR) is 149 cm³/mol. The number of H-pyrrole nitrogens is 1. The molecule has 0 saturated heterocycles. The van der Waals surface area contributed by atoms with E-state index in [9.17, 15) is 14.4 Å². The second-order valence-electron chi connectivity index (χ2n) is 8.83. The van der Waals surface area contributed by atoms with Gasteiger partial charge in [0.25, 0.3) is 5.56 Å². The van der Waals surface area contributed by atoms with Crippen LogP contribution in [0.3, 0.4) is 0 Å². The Labute approximate surface area is 232 Å². The number of fused-ring (bicyclic) bond motifs is 1. The number of aromatic nitrogens is 1. The normalized spacial score (nSPS) is 15.1. The lowest BCUT2D eigenvalue weighted by atomic mass is 9.91. The lowest BCUT2D eigenvalue weighted by Crippen LogP contribution is -2.27. The van der Waals surface area contributed by atoms with E-state index in [-0.39, 0.29) is 24.8 Å². The van der Waals surface area contributed by atoms with Gasteiger partial charge in [0.1, 0.15) is 0 Å². The maximum absolute atomic E-state index is 13.5. The molecule has 3 aromatic carbocycles. The summed E-state index contributed by atoms with van der Waals surface area (Å²) in [5.41, 5.74) is 3.00. The summed E-state index contributed by atoms with van der Waals surface area (Å²) in [6.07, 6.45) is -0.399. The van der Waals surface area contributed by atoms with Crippen LogP contribution in [0.1, 0.15) is 36.4 Å². The van der Waals surface area contributed by atoms with E-state index in [0.717, 1.165) is 10.9 Å². The fourth-order valence-electron chi connectivity index (χ4n) is 4.64. The summed E-state index contributed by atoms with van der Waals surface area (Å²) < 4.78 is 0. The second kappa shape index (κ2) is 10.6. The van der Waals surface area contributed by atoms with Gasteiger partial charge < -0.3 is 10.1 Å². The molecule has 7 nitrogen and oxygen atoms in total. The lowest BCUT2D eigenvalue weighted by molar-refractivity contribution is -0.141. The monoisotopic (exact) mass is 567 g/mol. The quantitative estimate of drug-likeness (QED) is 0.270. The molecule has 4 aromatic rings. The highest BCUT2D eigenvalue weighted by molar-refractivity contribution is 6.42. The molecule has 0 aliphatic carbocycles. The van der Waals surface area contributed by atoms with E-state index in [1.165, 1.54) is 5.01 Å². The van der Waals surface area contributed by atoms with Crippen LogP contribution in [-0.2, 0) is 9.59 Å². The molecule has 2 heterocycles. The maximum atomic E-state index is 13.5. The highest BCUT2D eigenvalue weighted by atomic mass is 35.5. The van der Waals surface area contributed by atoms with E-state index in [1.54, 1.807) is 36.4 Å². The zero-order valence-electron chi connectivity index (χ0n) is 19.7. The van der Waals surface area contributed by atoms with Crippen LogP contribution in [0.2, 0.25) is 15.1 Å². The molecule has 1 amide bonds. The number of benzene rings is 3. The Bertz CT molecular complexity index is 1670. The molecular formula is C28H20Cl3N3O4. The van der Waals surface area contributed by atoms with Crippen molar-refractivity contribution in [3.05, 3.63) is 103 Å². The summed E-state index contributed by atoms with van der Waals surface area (Å²) in [7, 11) is 0. The Balaban J connectivity index is 1.70. The van der Waals surface area contributed by atoms with Crippen molar-refractivity contribution in [3.63, 3.8) is 0 Å². The minimum atomic E-state index is -1.10. The molecule has 0 fully saturated rings. The Morgan fingerprint density at radius 3 is 2.42 bits per heavy atom. The standard InChI is InChI=1S/C28H20Cl3N3O4/c29-17-7-9-21-18(13-17)26(15-4-2-1-3-5-15)27(28(38)32-21)22-14-23(16-6-8-19(30)20(31)12-16)34(33-22)24(35)10-11-25(36)37/h1-9,12-13,23H,10-11,14H2,(H,32,38)(H,36,37). The van der Waals surface area contributed by atoms with Crippen molar-refractivity contribution < 1.29 is 14.7 Å². The third kappa shape index (κ3) is 5.05. The molecule has 10 heteroatoms. The number of nitrogens with one attached hydrogen (secondary N) is 1. The van der Waals surface area contributed by atoms with Gasteiger partial charge in [-0.3, -0.25) is 14.4 Å².